The molecule has 0 saturated heterocycles. The summed E-state index contributed by atoms with van der Waals surface area (Å²) in [5, 5.41) is 3.17. The second kappa shape index (κ2) is 5.06. The number of alkyl halides is 2. The van der Waals surface area contributed by atoms with E-state index in [-0.39, 0.29) is 24.8 Å². The molecule has 1 saturated carbocycles. The van der Waals surface area contributed by atoms with Gasteiger partial charge in [0, 0.05) is 12.8 Å². The molecule has 96 valence electrons. The molecule has 0 spiro atoms. The normalized spacial score (nSPS) is 22.6. The lowest BCUT2D eigenvalue weighted by Crippen LogP contribution is -2.32. The Kier molecular flexibility index (Phi) is 3.88. The third-order valence-corrected chi connectivity index (χ3v) is 4.13. The highest BCUT2D eigenvalue weighted by atomic mass is 79.9. The van der Waals surface area contributed by atoms with Gasteiger partial charge in [0.2, 0.25) is 5.92 Å². The molecular weight excluding hydrogens is 292 g/mol. The lowest BCUT2D eigenvalue weighted by atomic mass is 9.81. The Morgan fingerprint density at radius 1 is 1.47 bits per heavy atom. The first-order valence-corrected chi connectivity index (χ1v) is 6.61. The average Bonchev–Trinajstić information content (AvgIpc) is 2.69. The van der Waals surface area contributed by atoms with Crippen molar-refractivity contribution in [3.63, 3.8) is 0 Å². The Hall–Kier alpha value is -0.420. The molecule has 0 aromatic carbocycles. The van der Waals surface area contributed by atoms with Gasteiger partial charge in [0.15, 0.2) is 0 Å². The predicted molar refractivity (Wildman–Crippen MR) is 65.1 cm³/mol. The molecule has 0 aliphatic heterocycles. The van der Waals surface area contributed by atoms with E-state index in [0.29, 0.717) is 12.8 Å². The minimum absolute atomic E-state index is 0.00970. The molecule has 2 nitrogen and oxygen atoms in total. The van der Waals surface area contributed by atoms with Crippen molar-refractivity contribution in [2.24, 2.45) is 5.92 Å². The summed E-state index contributed by atoms with van der Waals surface area (Å²) in [5.74, 6) is -1.46. The zero-order valence-electron chi connectivity index (χ0n) is 9.68. The maximum absolute atomic E-state index is 13.1. The highest BCUT2D eigenvalue weighted by molar-refractivity contribution is 9.10. The van der Waals surface area contributed by atoms with Crippen molar-refractivity contribution < 1.29 is 13.2 Å². The van der Waals surface area contributed by atoms with Crippen LogP contribution in [-0.2, 0) is 0 Å². The van der Waals surface area contributed by atoms with Gasteiger partial charge in [-0.25, -0.2) is 8.78 Å². The van der Waals surface area contributed by atoms with Crippen LogP contribution in [0.1, 0.15) is 37.5 Å². The lowest BCUT2D eigenvalue weighted by molar-refractivity contribution is -0.0503. The average molecular weight is 308 g/mol. The molecular formula is C12H16BrF2NO. The summed E-state index contributed by atoms with van der Waals surface area (Å²) in [5.41, 5.74) is 0. The summed E-state index contributed by atoms with van der Waals surface area (Å²) in [6.45, 7) is 0. The van der Waals surface area contributed by atoms with Gasteiger partial charge in [-0.05, 0) is 47.8 Å². The molecule has 5 heteroatoms. The van der Waals surface area contributed by atoms with E-state index < -0.39 is 5.92 Å². The maximum atomic E-state index is 13.1. The van der Waals surface area contributed by atoms with E-state index in [1.807, 2.05) is 13.1 Å². The van der Waals surface area contributed by atoms with Crippen molar-refractivity contribution in [1.29, 1.82) is 0 Å². The Morgan fingerprint density at radius 2 is 2.12 bits per heavy atom. The van der Waals surface area contributed by atoms with Crippen molar-refractivity contribution in [1.82, 2.24) is 5.32 Å². The molecule has 1 atom stereocenters. The number of hydrogen-bond donors (Lipinski definition) is 1. The Balaban J connectivity index is 2.08. The lowest BCUT2D eigenvalue weighted by Gasteiger charge is -2.32. The first-order valence-electron chi connectivity index (χ1n) is 5.81. The van der Waals surface area contributed by atoms with Crippen LogP contribution in [0.15, 0.2) is 21.2 Å². The summed E-state index contributed by atoms with van der Waals surface area (Å²) in [6, 6.07) is 1.84. The Bertz CT molecular complexity index is 370. The van der Waals surface area contributed by atoms with E-state index in [9.17, 15) is 8.78 Å². The standard InChI is InChI=1S/C12H16BrF2NO/c1-16-10(11-9(13)4-7-17-11)8-2-5-12(14,15)6-3-8/h4,7-8,10,16H,2-3,5-6H2,1H3. The van der Waals surface area contributed by atoms with Gasteiger partial charge in [-0.2, -0.15) is 0 Å². The van der Waals surface area contributed by atoms with Gasteiger partial charge in [0.25, 0.3) is 0 Å². The summed E-state index contributed by atoms with van der Waals surface area (Å²) < 4.78 is 32.6. The second-order valence-corrected chi connectivity index (χ2v) is 5.45. The van der Waals surface area contributed by atoms with E-state index >= 15 is 0 Å². The number of hydrogen-bond acceptors (Lipinski definition) is 2. The van der Waals surface area contributed by atoms with Crippen molar-refractivity contribution in [2.45, 2.75) is 37.6 Å². The zero-order chi connectivity index (χ0) is 12.5. The monoisotopic (exact) mass is 307 g/mol. The summed E-state index contributed by atoms with van der Waals surface area (Å²) in [7, 11) is 1.84. The molecule has 1 unspecified atom stereocenters. The van der Waals surface area contributed by atoms with Gasteiger partial charge in [-0.15, -0.1) is 0 Å². The van der Waals surface area contributed by atoms with Crippen LogP contribution in [0.5, 0.6) is 0 Å². The fourth-order valence-electron chi connectivity index (χ4n) is 2.50. The van der Waals surface area contributed by atoms with Crippen LogP contribution >= 0.6 is 15.9 Å². The molecule has 1 fully saturated rings. The van der Waals surface area contributed by atoms with Crippen molar-refractivity contribution in [3.8, 4) is 0 Å². The van der Waals surface area contributed by atoms with E-state index in [2.05, 4.69) is 21.2 Å². The first kappa shape index (κ1) is 13.0. The predicted octanol–water partition coefficient (Wildman–Crippen LogP) is 4.13. The Morgan fingerprint density at radius 3 is 2.59 bits per heavy atom. The van der Waals surface area contributed by atoms with Gasteiger partial charge in [0.1, 0.15) is 5.76 Å². The summed E-state index contributed by atoms with van der Waals surface area (Å²) in [6.07, 6.45) is 2.64. The van der Waals surface area contributed by atoms with E-state index in [1.54, 1.807) is 6.26 Å². The highest BCUT2D eigenvalue weighted by Gasteiger charge is 2.38. The van der Waals surface area contributed by atoms with Crippen molar-refractivity contribution in [2.75, 3.05) is 7.05 Å². The molecule has 1 N–H and O–H groups in total. The SMILES string of the molecule is CNC(c1occc1Br)C1CCC(F)(F)CC1. The van der Waals surface area contributed by atoms with Crippen LogP contribution in [0.25, 0.3) is 0 Å². The third-order valence-electron chi connectivity index (χ3n) is 3.47. The quantitative estimate of drug-likeness (QED) is 0.908. The van der Waals surface area contributed by atoms with Crippen LogP contribution < -0.4 is 5.32 Å². The largest absolute Gasteiger partial charge is 0.466 e. The van der Waals surface area contributed by atoms with Crippen molar-refractivity contribution >= 4 is 15.9 Å². The fourth-order valence-corrected chi connectivity index (χ4v) is 2.95. The molecule has 1 heterocycles. The van der Waals surface area contributed by atoms with Crippen LogP contribution in [0, 0.1) is 5.92 Å². The molecule has 1 aliphatic carbocycles. The minimum atomic E-state index is -2.48. The van der Waals surface area contributed by atoms with E-state index in [1.165, 1.54) is 0 Å². The van der Waals surface area contributed by atoms with Gasteiger partial charge < -0.3 is 9.73 Å². The van der Waals surface area contributed by atoms with Crippen LogP contribution in [-0.4, -0.2) is 13.0 Å². The molecule has 0 amide bonds. The van der Waals surface area contributed by atoms with Crippen LogP contribution in [0.2, 0.25) is 0 Å². The third kappa shape index (κ3) is 2.88. The molecule has 1 aromatic rings. The molecule has 17 heavy (non-hydrogen) atoms. The second-order valence-electron chi connectivity index (χ2n) is 4.59. The Labute approximate surface area is 108 Å². The molecule has 0 radical (unpaired) electrons. The molecule has 2 rings (SSSR count). The van der Waals surface area contributed by atoms with Gasteiger partial charge in [-0.1, -0.05) is 0 Å². The zero-order valence-corrected chi connectivity index (χ0v) is 11.3. The highest BCUT2D eigenvalue weighted by Crippen LogP contribution is 2.42. The van der Waals surface area contributed by atoms with E-state index in [4.69, 9.17) is 4.42 Å². The number of furan rings is 1. The fraction of sp³-hybridized carbons (Fsp3) is 0.667. The molecule has 0 bridgehead atoms. The number of rotatable bonds is 3. The molecule has 1 aromatic heterocycles. The minimum Gasteiger partial charge on any atom is -0.466 e. The van der Waals surface area contributed by atoms with Gasteiger partial charge in [-0.3, -0.25) is 0 Å². The van der Waals surface area contributed by atoms with Crippen LogP contribution in [0.3, 0.4) is 0 Å². The first-order chi connectivity index (χ1) is 8.03. The maximum Gasteiger partial charge on any atom is 0.248 e. The number of halogens is 3. The topological polar surface area (TPSA) is 25.2 Å². The summed E-state index contributed by atoms with van der Waals surface area (Å²) in [4.78, 5) is 0. The number of nitrogens with one attached hydrogen (secondary N) is 1. The smallest absolute Gasteiger partial charge is 0.248 e. The summed E-state index contributed by atoms with van der Waals surface area (Å²) >= 11 is 3.41. The van der Waals surface area contributed by atoms with E-state index in [0.717, 1.165) is 10.2 Å². The van der Waals surface area contributed by atoms with Crippen molar-refractivity contribution in [3.05, 3.63) is 22.6 Å². The van der Waals surface area contributed by atoms with Crippen LogP contribution in [0.4, 0.5) is 8.78 Å². The van der Waals surface area contributed by atoms with Gasteiger partial charge >= 0.3 is 0 Å². The molecule has 1 aliphatic rings. The van der Waals surface area contributed by atoms with Gasteiger partial charge in [0.05, 0.1) is 16.8 Å².